The molecule has 1 amide bonds. The molecule has 0 bridgehead atoms. The molecule has 0 aliphatic heterocycles. The van der Waals surface area contributed by atoms with Gasteiger partial charge in [-0.05, 0) is 52.7 Å². The largest absolute Gasteiger partial charge is 0.302 e. The second-order valence-corrected chi connectivity index (χ2v) is 6.67. The summed E-state index contributed by atoms with van der Waals surface area (Å²) in [6, 6.07) is 13.6. The van der Waals surface area contributed by atoms with Gasteiger partial charge in [0.25, 0.3) is 0 Å². The van der Waals surface area contributed by atoms with Crippen molar-refractivity contribution < 1.29 is 4.79 Å². The maximum atomic E-state index is 12.3. The van der Waals surface area contributed by atoms with E-state index in [0.717, 1.165) is 21.5 Å². The van der Waals surface area contributed by atoms with E-state index in [2.05, 4.69) is 31.9 Å². The van der Waals surface area contributed by atoms with E-state index in [1.54, 1.807) is 4.68 Å². The zero-order valence-corrected chi connectivity index (χ0v) is 14.2. The normalized spacial score (nSPS) is 10.9. The quantitative estimate of drug-likeness (QED) is 0.612. The second-order valence-electron chi connectivity index (χ2n) is 5.64. The predicted molar refractivity (Wildman–Crippen MR) is 95.8 cm³/mol. The molecular weight excluding hydrogens is 336 g/mol. The summed E-state index contributed by atoms with van der Waals surface area (Å²) in [7, 11) is 0. The van der Waals surface area contributed by atoms with Crippen molar-refractivity contribution in [1.82, 2.24) is 25.2 Å². The molecule has 0 fully saturated rings. The molecule has 4 rings (SSSR count). The van der Waals surface area contributed by atoms with Gasteiger partial charge in [-0.15, -0.1) is 5.10 Å². The van der Waals surface area contributed by atoms with E-state index < -0.39 is 0 Å². The predicted octanol–water partition coefficient (Wildman–Crippen LogP) is 2.76. The van der Waals surface area contributed by atoms with Crippen LogP contribution in [-0.4, -0.2) is 31.1 Å². The number of fused-ring (bicyclic) bond motifs is 1. The van der Waals surface area contributed by atoms with Crippen LogP contribution in [0, 0.1) is 6.92 Å². The Hall–Kier alpha value is -3.13. The van der Waals surface area contributed by atoms with Gasteiger partial charge in [0.1, 0.15) is 6.33 Å². The highest BCUT2D eigenvalue weighted by atomic mass is 32.1. The fraction of sp³-hybridized carbons (Fsp3) is 0.118. The van der Waals surface area contributed by atoms with Crippen molar-refractivity contribution in [3.63, 3.8) is 0 Å². The minimum Gasteiger partial charge on any atom is -0.302 e. The van der Waals surface area contributed by atoms with Crippen LogP contribution in [0.2, 0.25) is 0 Å². The lowest BCUT2D eigenvalue weighted by atomic mass is 10.1. The SMILES string of the molecule is Cc1ccc2nc(NC(=O)Cc3ccc(-n4cnnn4)cc3)sc2c1. The lowest BCUT2D eigenvalue weighted by Crippen LogP contribution is -2.14. The minimum atomic E-state index is -0.0917. The first-order valence-corrected chi connectivity index (χ1v) is 8.48. The van der Waals surface area contributed by atoms with Gasteiger partial charge in [-0.3, -0.25) is 4.79 Å². The van der Waals surface area contributed by atoms with Crippen molar-refractivity contribution in [2.24, 2.45) is 0 Å². The lowest BCUT2D eigenvalue weighted by Gasteiger charge is -2.03. The number of hydrogen-bond acceptors (Lipinski definition) is 6. The maximum Gasteiger partial charge on any atom is 0.230 e. The van der Waals surface area contributed by atoms with E-state index in [-0.39, 0.29) is 12.3 Å². The number of hydrogen-bond donors (Lipinski definition) is 1. The summed E-state index contributed by atoms with van der Waals surface area (Å²) in [5.74, 6) is -0.0917. The molecule has 0 spiro atoms. The van der Waals surface area contributed by atoms with Crippen LogP contribution in [0.3, 0.4) is 0 Å². The molecule has 0 saturated carbocycles. The number of carbonyl (C=O) groups excluding carboxylic acids is 1. The minimum absolute atomic E-state index is 0.0917. The third-order valence-electron chi connectivity index (χ3n) is 3.70. The number of carbonyl (C=O) groups is 1. The Morgan fingerprint density at radius 2 is 2.04 bits per heavy atom. The summed E-state index contributed by atoms with van der Waals surface area (Å²) in [6.07, 6.45) is 1.81. The van der Waals surface area contributed by atoms with Crippen molar-refractivity contribution in [1.29, 1.82) is 0 Å². The molecule has 8 heteroatoms. The standard InChI is InChI=1S/C17H14N6OS/c1-11-2-7-14-15(8-11)25-17(19-14)20-16(24)9-12-3-5-13(6-4-12)23-10-18-21-22-23/h2-8,10H,9H2,1H3,(H,19,20,24). The van der Waals surface area contributed by atoms with Crippen molar-refractivity contribution in [3.8, 4) is 5.69 Å². The van der Waals surface area contributed by atoms with Gasteiger partial charge in [0.2, 0.25) is 5.91 Å². The van der Waals surface area contributed by atoms with E-state index >= 15 is 0 Å². The summed E-state index contributed by atoms with van der Waals surface area (Å²) >= 11 is 1.48. The smallest absolute Gasteiger partial charge is 0.230 e. The molecule has 7 nitrogen and oxygen atoms in total. The van der Waals surface area contributed by atoms with Gasteiger partial charge in [0.05, 0.1) is 22.3 Å². The molecule has 2 aromatic heterocycles. The van der Waals surface area contributed by atoms with Crippen molar-refractivity contribution >= 4 is 32.6 Å². The summed E-state index contributed by atoms with van der Waals surface area (Å²) < 4.78 is 2.63. The van der Waals surface area contributed by atoms with Crippen LogP contribution in [0.5, 0.6) is 0 Å². The third kappa shape index (κ3) is 3.38. The van der Waals surface area contributed by atoms with E-state index in [0.29, 0.717) is 5.13 Å². The van der Waals surface area contributed by atoms with E-state index in [4.69, 9.17) is 0 Å². The Balaban J connectivity index is 1.44. The van der Waals surface area contributed by atoms with Gasteiger partial charge in [0, 0.05) is 0 Å². The Morgan fingerprint density at radius 1 is 1.20 bits per heavy atom. The van der Waals surface area contributed by atoms with Crippen LogP contribution in [0.25, 0.3) is 15.9 Å². The van der Waals surface area contributed by atoms with Crippen LogP contribution in [0.15, 0.2) is 48.8 Å². The average Bonchev–Trinajstić information content (AvgIpc) is 3.24. The molecule has 0 radical (unpaired) electrons. The molecule has 25 heavy (non-hydrogen) atoms. The molecule has 0 unspecified atom stereocenters. The van der Waals surface area contributed by atoms with Gasteiger partial charge in [-0.25, -0.2) is 9.67 Å². The van der Waals surface area contributed by atoms with Gasteiger partial charge < -0.3 is 5.32 Å². The Morgan fingerprint density at radius 3 is 2.80 bits per heavy atom. The van der Waals surface area contributed by atoms with Crippen LogP contribution < -0.4 is 5.32 Å². The molecule has 2 heterocycles. The molecule has 2 aromatic carbocycles. The highest BCUT2D eigenvalue weighted by Gasteiger charge is 2.09. The number of aromatic nitrogens is 5. The Labute approximate surface area is 147 Å². The number of anilines is 1. The summed E-state index contributed by atoms with van der Waals surface area (Å²) in [6.45, 7) is 2.04. The first kappa shape index (κ1) is 15.4. The number of thiazole rings is 1. The first-order chi connectivity index (χ1) is 12.2. The van der Waals surface area contributed by atoms with Gasteiger partial charge in [-0.2, -0.15) is 0 Å². The van der Waals surface area contributed by atoms with Gasteiger partial charge >= 0.3 is 0 Å². The molecule has 0 saturated heterocycles. The fourth-order valence-corrected chi connectivity index (χ4v) is 3.46. The first-order valence-electron chi connectivity index (χ1n) is 7.67. The molecule has 124 valence electrons. The summed E-state index contributed by atoms with van der Waals surface area (Å²) in [5, 5.41) is 14.5. The molecular formula is C17H14N6OS. The van der Waals surface area contributed by atoms with Crippen molar-refractivity contribution in [2.75, 3.05) is 5.32 Å². The zero-order valence-electron chi connectivity index (χ0n) is 13.4. The van der Waals surface area contributed by atoms with Gasteiger partial charge in [0.15, 0.2) is 5.13 Å². The topological polar surface area (TPSA) is 85.6 Å². The third-order valence-corrected chi connectivity index (χ3v) is 4.64. The summed E-state index contributed by atoms with van der Waals surface area (Å²) in [4.78, 5) is 16.7. The number of tetrazole rings is 1. The van der Waals surface area contributed by atoms with Crippen molar-refractivity contribution in [2.45, 2.75) is 13.3 Å². The maximum absolute atomic E-state index is 12.3. The summed E-state index contributed by atoms with van der Waals surface area (Å²) in [5.41, 5.74) is 3.83. The number of benzene rings is 2. The number of amides is 1. The average molecular weight is 350 g/mol. The zero-order chi connectivity index (χ0) is 17.2. The number of nitrogens with zero attached hydrogens (tertiary/aromatic N) is 5. The van der Waals surface area contributed by atoms with Crippen LogP contribution in [0.4, 0.5) is 5.13 Å². The fourth-order valence-electron chi connectivity index (χ4n) is 2.48. The molecule has 0 aliphatic rings. The number of aryl methyl sites for hydroxylation is 1. The number of nitrogens with one attached hydrogen (secondary N) is 1. The number of rotatable bonds is 4. The van der Waals surface area contributed by atoms with E-state index in [1.807, 2.05) is 43.3 Å². The van der Waals surface area contributed by atoms with Crippen LogP contribution in [0.1, 0.15) is 11.1 Å². The molecule has 1 N–H and O–H groups in total. The van der Waals surface area contributed by atoms with Crippen LogP contribution in [-0.2, 0) is 11.2 Å². The van der Waals surface area contributed by atoms with Crippen molar-refractivity contribution in [3.05, 3.63) is 59.9 Å². The lowest BCUT2D eigenvalue weighted by molar-refractivity contribution is -0.115. The van der Waals surface area contributed by atoms with Gasteiger partial charge in [-0.1, -0.05) is 29.5 Å². The second kappa shape index (κ2) is 6.40. The Kier molecular flexibility index (Phi) is 3.95. The van der Waals surface area contributed by atoms with Crippen LogP contribution >= 0.6 is 11.3 Å². The molecule has 0 aliphatic carbocycles. The molecule has 0 atom stereocenters. The van der Waals surface area contributed by atoms with E-state index in [9.17, 15) is 4.79 Å². The highest BCUT2D eigenvalue weighted by molar-refractivity contribution is 7.22. The highest BCUT2D eigenvalue weighted by Crippen LogP contribution is 2.26. The monoisotopic (exact) mass is 350 g/mol. The Bertz CT molecular complexity index is 1020. The van der Waals surface area contributed by atoms with E-state index in [1.165, 1.54) is 23.2 Å². The molecule has 4 aromatic rings.